The molecular weight excluding hydrogens is 436 g/mol. The molecule has 0 aliphatic rings. The predicted molar refractivity (Wildman–Crippen MR) is 132 cm³/mol. The third kappa shape index (κ3) is 6.76. The number of rotatable bonds is 10. The maximum atomic E-state index is 12.8. The Morgan fingerprint density at radius 1 is 0.909 bits per heavy atom. The maximum Gasteiger partial charge on any atom is 0.253 e. The smallest absolute Gasteiger partial charge is 0.253 e. The van der Waals surface area contributed by atoms with Crippen LogP contribution in [0, 0.1) is 0 Å². The Kier molecular flexibility index (Phi) is 8.78. The molecule has 0 radical (unpaired) electrons. The van der Waals surface area contributed by atoms with Crippen LogP contribution in [0.4, 0.5) is 5.69 Å². The highest BCUT2D eigenvalue weighted by Gasteiger charge is 2.19. The van der Waals surface area contributed by atoms with Crippen LogP contribution in [-0.2, 0) is 11.2 Å². The van der Waals surface area contributed by atoms with Crippen LogP contribution >= 0.6 is 11.8 Å². The molecule has 0 spiro atoms. The van der Waals surface area contributed by atoms with Crippen LogP contribution in [-0.4, -0.2) is 37.8 Å². The van der Waals surface area contributed by atoms with Gasteiger partial charge in [-0.15, -0.1) is 11.8 Å². The van der Waals surface area contributed by atoms with Gasteiger partial charge in [-0.3, -0.25) is 9.59 Å². The first-order valence-corrected chi connectivity index (χ1v) is 11.5. The van der Waals surface area contributed by atoms with Crippen LogP contribution in [0.5, 0.6) is 11.5 Å². The molecule has 3 rings (SSSR count). The second kappa shape index (κ2) is 12.0. The minimum Gasteiger partial charge on any atom is -0.493 e. The molecule has 2 amide bonds. The quantitative estimate of drug-likeness (QED) is 0.422. The van der Waals surface area contributed by atoms with Crippen molar-refractivity contribution in [2.24, 2.45) is 0 Å². The van der Waals surface area contributed by atoms with Crippen LogP contribution in [0.15, 0.2) is 77.7 Å². The van der Waals surface area contributed by atoms with Crippen molar-refractivity contribution in [3.8, 4) is 11.5 Å². The number of thioether (sulfide) groups is 1. The molecule has 172 valence electrons. The summed E-state index contributed by atoms with van der Waals surface area (Å²) in [5.74, 6) is 0.820. The molecule has 6 nitrogen and oxygen atoms in total. The Balaban J connectivity index is 1.61. The number of nitrogens with one attached hydrogen (secondary N) is 2. The Labute approximate surface area is 198 Å². The first kappa shape index (κ1) is 24.2. The van der Waals surface area contributed by atoms with E-state index < -0.39 is 5.25 Å². The number of amides is 2. The second-order valence-corrected chi connectivity index (χ2v) is 8.72. The largest absolute Gasteiger partial charge is 0.493 e. The van der Waals surface area contributed by atoms with Gasteiger partial charge in [-0.1, -0.05) is 42.5 Å². The lowest BCUT2D eigenvalue weighted by atomic mass is 10.1. The maximum absolute atomic E-state index is 12.8. The van der Waals surface area contributed by atoms with Gasteiger partial charge in [0, 0.05) is 11.4 Å². The van der Waals surface area contributed by atoms with E-state index in [1.807, 2.05) is 49.4 Å². The summed E-state index contributed by atoms with van der Waals surface area (Å²) in [4.78, 5) is 26.5. The fourth-order valence-corrected chi connectivity index (χ4v) is 4.13. The summed E-state index contributed by atoms with van der Waals surface area (Å²) in [5, 5.41) is 5.44. The van der Waals surface area contributed by atoms with Crippen molar-refractivity contribution in [2.45, 2.75) is 23.5 Å². The molecule has 1 atom stereocenters. The summed E-state index contributed by atoms with van der Waals surface area (Å²) in [5.41, 5.74) is 2.07. The van der Waals surface area contributed by atoms with Gasteiger partial charge in [0.25, 0.3) is 5.91 Å². The molecule has 0 saturated heterocycles. The van der Waals surface area contributed by atoms with Gasteiger partial charge in [0.1, 0.15) is 0 Å². The van der Waals surface area contributed by atoms with Crippen LogP contribution in [0.2, 0.25) is 0 Å². The Morgan fingerprint density at radius 2 is 1.61 bits per heavy atom. The van der Waals surface area contributed by atoms with Gasteiger partial charge in [0.05, 0.1) is 30.7 Å². The fraction of sp³-hybridized carbons (Fsp3) is 0.231. The van der Waals surface area contributed by atoms with Crippen molar-refractivity contribution in [3.63, 3.8) is 0 Å². The van der Waals surface area contributed by atoms with E-state index in [2.05, 4.69) is 10.6 Å². The lowest BCUT2D eigenvalue weighted by Gasteiger charge is -2.16. The monoisotopic (exact) mass is 464 g/mol. The van der Waals surface area contributed by atoms with Gasteiger partial charge >= 0.3 is 0 Å². The van der Waals surface area contributed by atoms with Crippen LogP contribution in [0.1, 0.15) is 22.8 Å². The molecule has 0 aliphatic carbocycles. The van der Waals surface area contributed by atoms with Gasteiger partial charge in [-0.25, -0.2) is 0 Å². The number of anilines is 1. The minimum atomic E-state index is -0.391. The van der Waals surface area contributed by atoms with Crippen LogP contribution in [0.25, 0.3) is 0 Å². The second-order valence-electron chi connectivity index (χ2n) is 7.30. The number of benzene rings is 3. The topological polar surface area (TPSA) is 76.7 Å². The molecular formula is C26H28N2O4S. The van der Waals surface area contributed by atoms with Gasteiger partial charge in [0.2, 0.25) is 5.91 Å². The minimum absolute atomic E-state index is 0.195. The van der Waals surface area contributed by atoms with Gasteiger partial charge in [-0.2, -0.15) is 0 Å². The summed E-state index contributed by atoms with van der Waals surface area (Å²) < 4.78 is 10.6. The van der Waals surface area contributed by atoms with Crippen molar-refractivity contribution < 1.29 is 19.1 Å². The zero-order valence-electron chi connectivity index (χ0n) is 19.0. The van der Waals surface area contributed by atoms with Gasteiger partial charge in [-0.05, 0) is 49.2 Å². The summed E-state index contributed by atoms with van der Waals surface area (Å²) in [6, 6.07) is 22.5. The molecule has 0 saturated carbocycles. The number of carbonyl (C=O) groups excluding carboxylic acids is 2. The lowest BCUT2D eigenvalue weighted by molar-refractivity contribution is -0.115. The van der Waals surface area contributed by atoms with Crippen molar-refractivity contribution in [1.29, 1.82) is 0 Å². The standard InChI is InChI=1S/C26H28N2O4S/c1-18(33-20-13-14-23(31-2)24(17-20)32-3)25(29)28-22-12-8-7-11-21(22)26(30)27-16-15-19-9-5-4-6-10-19/h4-14,17-18H,15-16H2,1-3H3,(H,27,30)(H,28,29)/t18-/m1/s1. The molecule has 0 heterocycles. The third-order valence-corrected chi connectivity index (χ3v) is 6.10. The molecule has 7 heteroatoms. The molecule has 33 heavy (non-hydrogen) atoms. The number of carbonyl (C=O) groups is 2. The molecule has 0 bridgehead atoms. The van der Waals surface area contributed by atoms with E-state index in [4.69, 9.17) is 9.47 Å². The Hall–Kier alpha value is -3.45. The summed E-state index contributed by atoms with van der Waals surface area (Å²) >= 11 is 1.40. The number of hydrogen-bond acceptors (Lipinski definition) is 5. The van der Waals surface area contributed by atoms with E-state index >= 15 is 0 Å². The van der Waals surface area contributed by atoms with Gasteiger partial charge < -0.3 is 20.1 Å². The highest BCUT2D eigenvalue weighted by molar-refractivity contribution is 8.00. The molecule has 0 unspecified atom stereocenters. The highest BCUT2D eigenvalue weighted by atomic mass is 32.2. The average Bonchev–Trinajstić information content (AvgIpc) is 2.84. The predicted octanol–water partition coefficient (Wildman–Crippen LogP) is 4.80. The summed E-state index contributed by atoms with van der Waals surface area (Å²) in [6.07, 6.45) is 0.736. The molecule has 0 fully saturated rings. The van der Waals surface area contributed by atoms with E-state index in [-0.39, 0.29) is 11.8 Å². The molecule has 0 aromatic heterocycles. The molecule has 3 aromatic carbocycles. The van der Waals surface area contributed by atoms with Crippen molar-refractivity contribution in [2.75, 3.05) is 26.1 Å². The van der Waals surface area contributed by atoms with E-state index in [1.54, 1.807) is 44.6 Å². The van der Waals surface area contributed by atoms with Crippen molar-refractivity contribution in [1.82, 2.24) is 5.32 Å². The lowest BCUT2D eigenvalue weighted by Crippen LogP contribution is -2.28. The summed E-state index contributed by atoms with van der Waals surface area (Å²) in [6.45, 7) is 2.33. The number of methoxy groups -OCH3 is 2. The third-order valence-electron chi connectivity index (χ3n) is 5.01. The normalized spacial score (nSPS) is 11.4. The first-order valence-electron chi connectivity index (χ1n) is 10.6. The van der Waals surface area contributed by atoms with E-state index in [0.717, 1.165) is 16.9 Å². The zero-order chi connectivity index (χ0) is 23.6. The van der Waals surface area contributed by atoms with Gasteiger partial charge in [0.15, 0.2) is 11.5 Å². The average molecular weight is 465 g/mol. The molecule has 3 aromatic rings. The van der Waals surface area contributed by atoms with E-state index in [9.17, 15) is 9.59 Å². The van der Waals surface area contributed by atoms with Crippen molar-refractivity contribution in [3.05, 3.63) is 83.9 Å². The number of para-hydroxylation sites is 1. The number of hydrogen-bond donors (Lipinski definition) is 2. The highest BCUT2D eigenvalue weighted by Crippen LogP contribution is 2.33. The Bertz CT molecular complexity index is 1090. The van der Waals surface area contributed by atoms with E-state index in [1.165, 1.54) is 11.8 Å². The first-order chi connectivity index (χ1) is 16.0. The summed E-state index contributed by atoms with van der Waals surface area (Å²) in [7, 11) is 3.15. The fourth-order valence-electron chi connectivity index (χ4n) is 3.23. The SMILES string of the molecule is COc1ccc(S[C@H](C)C(=O)Nc2ccccc2C(=O)NCCc2ccccc2)cc1OC. The molecule has 2 N–H and O–H groups in total. The van der Waals surface area contributed by atoms with E-state index in [0.29, 0.717) is 29.3 Å². The molecule has 0 aliphatic heterocycles. The van der Waals surface area contributed by atoms with Crippen molar-refractivity contribution >= 4 is 29.3 Å². The zero-order valence-corrected chi connectivity index (χ0v) is 19.8. The van der Waals surface area contributed by atoms with Crippen LogP contribution in [0.3, 0.4) is 0 Å². The Morgan fingerprint density at radius 3 is 2.33 bits per heavy atom. The number of ether oxygens (including phenoxy) is 2. The van der Waals surface area contributed by atoms with Crippen LogP contribution < -0.4 is 20.1 Å².